The van der Waals surface area contributed by atoms with Crippen molar-refractivity contribution in [2.45, 2.75) is 37.0 Å². The molecule has 6 nitrogen and oxygen atoms in total. The molecule has 0 spiro atoms. The van der Waals surface area contributed by atoms with E-state index >= 15 is 0 Å². The van der Waals surface area contributed by atoms with Crippen molar-refractivity contribution in [3.05, 3.63) is 27.9 Å². The van der Waals surface area contributed by atoms with E-state index in [0.717, 1.165) is 6.07 Å². The summed E-state index contributed by atoms with van der Waals surface area (Å²) in [5.74, 6) is -2.88. The number of hydrogen-bond donors (Lipinski definition) is 0. The van der Waals surface area contributed by atoms with Crippen molar-refractivity contribution in [2.24, 2.45) is 0 Å². The van der Waals surface area contributed by atoms with Crippen LogP contribution in [-0.2, 0) is 20.4 Å². The highest BCUT2D eigenvalue weighted by Gasteiger charge is 2.44. The van der Waals surface area contributed by atoms with Crippen LogP contribution in [0.25, 0.3) is 11.0 Å². The molecule has 1 aromatic heterocycles. The minimum atomic E-state index is -3.76. The van der Waals surface area contributed by atoms with Crippen molar-refractivity contribution in [3.63, 3.8) is 0 Å². The van der Waals surface area contributed by atoms with Crippen LogP contribution in [0.1, 0.15) is 26.0 Å². The molecule has 0 N–H and O–H groups in total. The van der Waals surface area contributed by atoms with Crippen LogP contribution in [0.2, 0.25) is 0 Å². The van der Waals surface area contributed by atoms with Crippen molar-refractivity contribution < 1.29 is 26.6 Å². The zero-order chi connectivity index (χ0) is 17.9. The van der Waals surface area contributed by atoms with Crippen molar-refractivity contribution in [3.8, 4) is 0 Å². The summed E-state index contributed by atoms with van der Waals surface area (Å²) in [5.41, 5.74) is -0.824. The third-order valence-corrected chi connectivity index (χ3v) is 6.44. The van der Waals surface area contributed by atoms with Crippen LogP contribution in [0.4, 0.5) is 8.78 Å². The van der Waals surface area contributed by atoms with Gasteiger partial charge in [-0.05, 0) is 35.8 Å². The summed E-state index contributed by atoms with van der Waals surface area (Å²) in [6.45, 7) is 3.55. The number of hydroxylamine groups is 2. The van der Waals surface area contributed by atoms with Gasteiger partial charge >= 0.3 is 0 Å². The van der Waals surface area contributed by atoms with Gasteiger partial charge in [-0.3, -0.25) is 4.84 Å². The molecule has 132 valence electrons. The number of sulfone groups is 1. The highest BCUT2D eigenvalue weighted by Crippen LogP contribution is 2.35. The van der Waals surface area contributed by atoms with Crippen LogP contribution in [0.15, 0.2) is 15.1 Å². The van der Waals surface area contributed by atoms with Gasteiger partial charge in [-0.15, -0.1) is 0 Å². The first kappa shape index (κ1) is 17.7. The maximum atomic E-state index is 14.1. The maximum Gasteiger partial charge on any atom is 0.184 e. The number of halogens is 3. The molecule has 1 atom stereocenters. The van der Waals surface area contributed by atoms with Crippen molar-refractivity contribution >= 4 is 36.7 Å². The highest BCUT2D eigenvalue weighted by molar-refractivity contribution is 9.10. The third kappa shape index (κ3) is 2.96. The molecule has 1 aliphatic rings. The lowest BCUT2D eigenvalue weighted by Crippen LogP contribution is -2.33. The van der Waals surface area contributed by atoms with Gasteiger partial charge in [-0.25, -0.2) is 17.2 Å². The van der Waals surface area contributed by atoms with E-state index in [-0.39, 0.29) is 27.6 Å². The number of hydrogen-bond acceptors (Lipinski definition) is 6. The number of rotatable bonds is 3. The van der Waals surface area contributed by atoms with E-state index in [1.54, 1.807) is 13.8 Å². The molecule has 1 unspecified atom stereocenters. The van der Waals surface area contributed by atoms with Crippen LogP contribution in [-0.4, -0.2) is 36.7 Å². The molecule has 24 heavy (non-hydrogen) atoms. The fourth-order valence-corrected chi connectivity index (χ4v) is 5.24. The Kier molecular flexibility index (Phi) is 4.22. The maximum absolute atomic E-state index is 14.1. The number of aromatic nitrogens is 1. The molecule has 0 saturated carbocycles. The Balaban J connectivity index is 2.01. The van der Waals surface area contributed by atoms with Gasteiger partial charge in [-0.1, -0.05) is 5.16 Å². The average molecular weight is 425 g/mol. The van der Waals surface area contributed by atoms with Gasteiger partial charge < -0.3 is 4.52 Å². The number of fused-ring (bicyclic) bond motifs is 1. The fourth-order valence-electron chi connectivity index (χ4n) is 2.85. The van der Waals surface area contributed by atoms with Gasteiger partial charge in [0.2, 0.25) is 0 Å². The highest BCUT2D eigenvalue weighted by atomic mass is 79.9. The standard InChI is InChI=1S/C14H15BrF2N2O4S/c1-14(2)5-10(19(3)23-14)24(20,21)6-9-11-12(17)8(16)4-7(15)13(11)22-18-9/h4,10H,5-6H2,1-3H3. The average Bonchev–Trinajstić information content (AvgIpc) is 2.97. The van der Waals surface area contributed by atoms with E-state index < -0.39 is 38.2 Å². The van der Waals surface area contributed by atoms with Crippen LogP contribution in [0.3, 0.4) is 0 Å². The van der Waals surface area contributed by atoms with Crippen LogP contribution < -0.4 is 0 Å². The Bertz CT molecular complexity index is 913. The molecule has 2 aromatic rings. The summed E-state index contributed by atoms with van der Waals surface area (Å²) in [7, 11) is -2.24. The Labute approximate surface area is 145 Å². The van der Waals surface area contributed by atoms with Crippen molar-refractivity contribution in [1.29, 1.82) is 0 Å². The van der Waals surface area contributed by atoms with Gasteiger partial charge in [0.1, 0.15) is 11.1 Å². The summed E-state index contributed by atoms with van der Waals surface area (Å²) in [6, 6.07) is 0.905. The predicted octanol–water partition coefficient (Wildman–Crippen LogP) is 3.16. The topological polar surface area (TPSA) is 72.6 Å². The molecule has 0 radical (unpaired) electrons. The largest absolute Gasteiger partial charge is 0.355 e. The Morgan fingerprint density at radius 3 is 2.71 bits per heavy atom. The molecule has 3 rings (SSSR count). The molecule has 0 bridgehead atoms. The molecule has 1 saturated heterocycles. The van der Waals surface area contributed by atoms with Crippen LogP contribution in [0.5, 0.6) is 0 Å². The quantitative estimate of drug-likeness (QED) is 0.704. The normalized spacial score (nSPS) is 21.7. The summed E-state index contributed by atoms with van der Waals surface area (Å²) in [5, 5.41) is 3.72. The van der Waals surface area contributed by atoms with Crippen molar-refractivity contribution in [2.75, 3.05) is 7.05 Å². The van der Waals surface area contributed by atoms with E-state index in [9.17, 15) is 17.2 Å². The summed E-state index contributed by atoms with van der Waals surface area (Å²) < 4.78 is 58.2. The molecular weight excluding hydrogens is 410 g/mol. The first-order chi connectivity index (χ1) is 11.0. The second kappa shape index (κ2) is 5.72. The smallest absolute Gasteiger partial charge is 0.184 e. The molecule has 1 aromatic carbocycles. The van der Waals surface area contributed by atoms with E-state index in [1.807, 2.05) is 0 Å². The number of nitrogens with zero attached hydrogens (tertiary/aromatic N) is 2. The zero-order valence-corrected chi connectivity index (χ0v) is 15.5. The zero-order valence-electron chi connectivity index (χ0n) is 13.1. The Morgan fingerprint density at radius 1 is 1.46 bits per heavy atom. The lowest BCUT2D eigenvalue weighted by molar-refractivity contribution is -0.168. The van der Waals surface area contributed by atoms with Gasteiger partial charge in [0.05, 0.1) is 21.2 Å². The van der Waals surface area contributed by atoms with Crippen LogP contribution >= 0.6 is 15.9 Å². The van der Waals surface area contributed by atoms with Gasteiger partial charge in [0.25, 0.3) is 0 Å². The summed E-state index contributed by atoms with van der Waals surface area (Å²) in [4.78, 5) is 5.48. The van der Waals surface area contributed by atoms with E-state index in [0.29, 0.717) is 0 Å². The van der Waals surface area contributed by atoms with Gasteiger partial charge in [0, 0.05) is 13.5 Å². The molecule has 1 aliphatic heterocycles. The van der Waals surface area contributed by atoms with Gasteiger partial charge in [0.15, 0.2) is 27.1 Å². The van der Waals surface area contributed by atoms with E-state index in [1.165, 1.54) is 12.1 Å². The van der Waals surface area contributed by atoms with E-state index in [4.69, 9.17) is 9.36 Å². The second-order valence-electron chi connectivity index (χ2n) is 6.35. The monoisotopic (exact) mass is 424 g/mol. The van der Waals surface area contributed by atoms with Crippen LogP contribution in [0, 0.1) is 11.6 Å². The molecule has 0 aliphatic carbocycles. The molecule has 10 heteroatoms. The fraction of sp³-hybridized carbons (Fsp3) is 0.500. The SMILES string of the molecule is CN1OC(C)(C)CC1S(=O)(=O)Cc1noc2c(Br)cc(F)c(F)c12. The first-order valence-corrected chi connectivity index (χ1v) is 9.58. The van der Waals surface area contributed by atoms with Gasteiger partial charge in [-0.2, -0.15) is 5.06 Å². The molecular formula is C14H15BrF2N2O4S. The lowest BCUT2D eigenvalue weighted by atomic mass is 10.1. The molecule has 1 fully saturated rings. The Hall–Kier alpha value is -1.10. The predicted molar refractivity (Wildman–Crippen MR) is 85.6 cm³/mol. The minimum absolute atomic E-state index is 0.0320. The Morgan fingerprint density at radius 2 is 2.12 bits per heavy atom. The molecule has 0 amide bonds. The van der Waals surface area contributed by atoms with E-state index in [2.05, 4.69) is 21.1 Å². The molecule has 2 heterocycles. The first-order valence-electron chi connectivity index (χ1n) is 7.07. The lowest BCUT2D eigenvalue weighted by Gasteiger charge is -2.18. The minimum Gasteiger partial charge on any atom is -0.355 e. The van der Waals surface area contributed by atoms with Crippen molar-refractivity contribution in [1.82, 2.24) is 10.2 Å². The third-order valence-electron chi connectivity index (χ3n) is 3.88. The summed E-state index contributed by atoms with van der Waals surface area (Å²) >= 11 is 3.05. The summed E-state index contributed by atoms with van der Waals surface area (Å²) in [6.07, 6.45) is 0.252. The second-order valence-corrected chi connectivity index (χ2v) is 9.36. The number of benzene rings is 1.